The molecule has 0 saturated carbocycles. The molecule has 2 fully saturated rings. The van der Waals surface area contributed by atoms with Gasteiger partial charge in [0.25, 0.3) is 0 Å². The molecule has 0 aromatic heterocycles. The van der Waals surface area contributed by atoms with Crippen LogP contribution in [-0.2, 0) is 9.84 Å². The van der Waals surface area contributed by atoms with E-state index in [0.29, 0.717) is 19.5 Å². The van der Waals surface area contributed by atoms with Gasteiger partial charge in [-0.3, -0.25) is 0 Å². The van der Waals surface area contributed by atoms with Crippen LogP contribution in [0.15, 0.2) is 0 Å². The first-order valence-electron chi connectivity index (χ1n) is 3.70. The molecular weight excluding hydrogens is 202 g/mol. The van der Waals surface area contributed by atoms with Crippen LogP contribution in [0.3, 0.4) is 0 Å². The van der Waals surface area contributed by atoms with Gasteiger partial charge in [0.05, 0.1) is 11.9 Å². The van der Waals surface area contributed by atoms with E-state index in [-0.39, 0.29) is 18.2 Å². The van der Waals surface area contributed by atoms with Crippen molar-refractivity contribution < 1.29 is 13.5 Å². The van der Waals surface area contributed by atoms with Crippen molar-refractivity contribution in [2.24, 2.45) is 0 Å². The average Bonchev–Trinajstić information content (AvgIpc) is 2.01. The Morgan fingerprint density at radius 2 is 2.00 bits per heavy atom. The van der Waals surface area contributed by atoms with Gasteiger partial charge in [-0.1, -0.05) is 0 Å². The minimum absolute atomic E-state index is 0. The van der Waals surface area contributed by atoms with Crippen molar-refractivity contribution in [1.29, 1.82) is 0 Å². The second-order valence-corrected chi connectivity index (χ2v) is 5.74. The van der Waals surface area contributed by atoms with Crippen LogP contribution in [0.2, 0.25) is 0 Å². The summed E-state index contributed by atoms with van der Waals surface area (Å²) in [5, 5.41) is 12.3. The van der Waals surface area contributed by atoms with Gasteiger partial charge in [0.2, 0.25) is 0 Å². The summed E-state index contributed by atoms with van der Waals surface area (Å²) in [5.74, 6) is 0.149. The van der Waals surface area contributed by atoms with Crippen molar-refractivity contribution in [3.8, 4) is 0 Å². The van der Waals surface area contributed by atoms with Crippen molar-refractivity contribution in [3.63, 3.8) is 0 Å². The maximum absolute atomic E-state index is 11.4. The maximum Gasteiger partial charge on any atom is 0.161 e. The zero-order chi connectivity index (χ0) is 8.11. The molecule has 6 heteroatoms. The van der Waals surface area contributed by atoms with Gasteiger partial charge in [0, 0.05) is 13.1 Å². The molecular formula is C6H12ClNO3S. The Bertz CT molecular complexity index is 273. The predicted octanol–water partition coefficient (Wildman–Crippen LogP) is -1.07. The second kappa shape index (κ2) is 2.83. The molecule has 1 atom stereocenters. The summed E-state index contributed by atoms with van der Waals surface area (Å²) in [4.78, 5) is 0. The van der Waals surface area contributed by atoms with E-state index in [1.807, 2.05) is 0 Å². The predicted molar refractivity (Wildman–Crippen MR) is 47.3 cm³/mol. The minimum atomic E-state index is -3.01. The van der Waals surface area contributed by atoms with Crippen LogP contribution >= 0.6 is 12.4 Å². The standard InChI is InChI=1S/C6H11NO3S.ClH/c8-5-1-2-11(9,10)6(5)3-7-4-6;/h5,7-8H,1-4H2;1H. The molecule has 2 aliphatic rings. The number of hydrogen-bond acceptors (Lipinski definition) is 4. The summed E-state index contributed by atoms with van der Waals surface area (Å²) < 4.78 is 21.9. The van der Waals surface area contributed by atoms with Crippen LogP contribution in [0, 0.1) is 0 Å². The lowest BCUT2D eigenvalue weighted by molar-refractivity contribution is 0.103. The molecule has 4 nitrogen and oxygen atoms in total. The third kappa shape index (κ3) is 1.00. The van der Waals surface area contributed by atoms with E-state index in [1.165, 1.54) is 0 Å². The van der Waals surface area contributed by atoms with Gasteiger partial charge >= 0.3 is 0 Å². The van der Waals surface area contributed by atoms with Crippen LogP contribution in [0.1, 0.15) is 6.42 Å². The Kier molecular flexibility index (Phi) is 2.42. The van der Waals surface area contributed by atoms with Crippen LogP contribution in [0.5, 0.6) is 0 Å². The summed E-state index contributed by atoms with van der Waals surface area (Å²) in [5.41, 5.74) is 0. The zero-order valence-corrected chi connectivity index (χ0v) is 8.12. The number of halogens is 1. The van der Waals surface area contributed by atoms with Crippen molar-refractivity contribution in [2.75, 3.05) is 18.8 Å². The summed E-state index contributed by atoms with van der Waals surface area (Å²) in [7, 11) is -3.01. The van der Waals surface area contributed by atoms with Gasteiger partial charge in [-0.15, -0.1) is 12.4 Å². The number of hydrogen-bond donors (Lipinski definition) is 2. The first kappa shape index (κ1) is 10.2. The monoisotopic (exact) mass is 213 g/mol. The van der Waals surface area contributed by atoms with E-state index in [9.17, 15) is 13.5 Å². The maximum atomic E-state index is 11.4. The number of nitrogens with one attached hydrogen (secondary N) is 1. The number of sulfone groups is 1. The van der Waals surface area contributed by atoms with Crippen LogP contribution in [0.4, 0.5) is 0 Å². The summed E-state index contributed by atoms with van der Waals surface area (Å²) in [6, 6.07) is 0. The highest BCUT2D eigenvalue weighted by atomic mass is 35.5. The average molecular weight is 214 g/mol. The van der Waals surface area contributed by atoms with Gasteiger partial charge in [-0.05, 0) is 6.42 Å². The molecule has 12 heavy (non-hydrogen) atoms. The second-order valence-electron chi connectivity index (χ2n) is 3.29. The number of aliphatic hydroxyl groups is 1. The Morgan fingerprint density at radius 3 is 2.17 bits per heavy atom. The van der Waals surface area contributed by atoms with E-state index in [4.69, 9.17) is 0 Å². The van der Waals surface area contributed by atoms with E-state index < -0.39 is 20.7 Å². The van der Waals surface area contributed by atoms with E-state index in [2.05, 4.69) is 5.32 Å². The highest BCUT2D eigenvalue weighted by molar-refractivity contribution is 7.93. The fourth-order valence-electron chi connectivity index (χ4n) is 1.77. The van der Waals surface area contributed by atoms with Crippen molar-refractivity contribution in [2.45, 2.75) is 17.3 Å². The molecule has 2 aliphatic heterocycles. The van der Waals surface area contributed by atoms with Crippen LogP contribution in [0.25, 0.3) is 0 Å². The number of rotatable bonds is 0. The molecule has 1 spiro atoms. The van der Waals surface area contributed by atoms with Gasteiger partial charge in [-0.2, -0.15) is 0 Å². The Hall–Kier alpha value is 0.160. The molecule has 0 radical (unpaired) electrons. The minimum Gasteiger partial charge on any atom is -0.391 e. The molecule has 1 unspecified atom stereocenters. The molecule has 0 amide bonds. The topological polar surface area (TPSA) is 66.4 Å². The largest absolute Gasteiger partial charge is 0.391 e. The third-order valence-electron chi connectivity index (χ3n) is 2.74. The fourth-order valence-corrected chi connectivity index (χ4v) is 3.88. The van der Waals surface area contributed by atoms with Gasteiger partial charge in [0.15, 0.2) is 9.84 Å². The van der Waals surface area contributed by atoms with E-state index in [0.717, 1.165) is 0 Å². The molecule has 0 aromatic rings. The third-order valence-corrected chi connectivity index (χ3v) is 5.31. The van der Waals surface area contributed by atoms with E-state index >= 15 is 0 Å². The zero-order valence-electron chi connectivity index (χ0n) is 6.49. The Morgan fingerprint density at radius 1 is 1.42 bits per heavy atom. The van der Waals surface area contributed by atoms with Crippen molar-refractivity contribution in [1.82, 2.24) is 5.32 Å². The highest BCUT2D eigenvalue weighted by Crippen LogP contribution is 2.35. The normalized spacial score (nSPS) is 35.6. The quantitative estimate of drug-likeness (QED) is 0.538. The van der Waals surface area contributed by atoms with E-state index in [1.54, 1.807) is 0 Å². The number of aliphatic hydroxyl groups excluding tert-OH is 1. The molecule has 72 valence electrons. The molecule has 2 rings (SSSR count). The molecule has 0 bridgehead atoms. The Labute approximate surface area is 77.7 Å². The Balaban J connectivity index is 0.000000720. The lowest BCUT2D eigenvalue weighted by Crippen LogP contribution is -2.67. The fraction of sp³-hybridized carbons (Fsp3) is 1.00. The summed E-state index contributed by atoms with van der Waals surface area (Å²) in [6.45, 7) is 0.854. The van der Waals surface area contributed by atoms with Gasteiger partial charge in [0.1, 0.15) is 4.75 Å². The lowest BCUT2D eigenvalue weighted by atomic mass is 9.94. The SMILES string of the molecule is Cl.O=S1(=O)CCC(O)C12CNC2. The molecule has 0 aromatic carbocycles. The summed E-state index contributed by atoms with van der Waals surface area (Å²) in [6.07, 6.45) is -0.238. The van der Waals surface area contributed by atoms with Gasteiger partial charge < -0.3 is 10.4 Å². The smallest absolute Gasteiger partial charge is 0.161 e. The molecule has 2 heterocycles. The highest BCUT2D eigenvalue weighted by Gasteiger charge is 2.58. The van der Waals surface area contributed by atoms with Crippen molar-refractivity contribution >= 4 is 22.2 Å². The van der Waals surface area contributed by atoms with Crippen LogP contribution < -0.4 is 5.32 Å². The first-order valence-corrected chi connectivity index (χ1v) is 5.35. The molecule has 2 saturated heterocycles. The summed E-state index contributed by atoms with van der Waals surface area (Å²) >= 11 is 0. The van der Waals surface area contributed by atoms with Crippen molar-refractivity contribution in [3.05, 3.63) is 0 Å². The molecule has 0 aliphatic carbocycles. The first-order chi connectivity index (χ1) is 5.08. The molecule has 2 N–H and O–H groups in total. The van der Waals surface area contributed by atoms with Gasteiger partial charge in [-0.25, -0.2) is 8.42 Å². The lowest BCUT2D eigenvalue weighted by Gasteiger charge is -2.40. The van der Waals surface area contributed by atoms with Crippen LogP contribution in [-0.4, -0.2) is 43.2 Å².